The third-order valence-corrected chi connectivity index (χ3v) is 7.04. The van der Waals surface area contributed by atoms with Crippen molar-refractivity contribution in [2.24, 2.45) is 0 Å². The number of rotatable bonds is 25. The molecular weight excluding hydrogens is 515 g/mol. The highest BCUT2D eigenvalue weighted by Gasteiger charge is 2.23. The van der Waals surface area contributed by atoms with Crippen LogP contribution < -0.4 is 10.2 Å². The highest BCUT2D eigenvalue weighted by atomic mass is 31.2. The van der Waals surface area contributed by atoms with E-state index in [0.717, 1.165) is 64.2 Å². The van der Waals surface area contributed by atoms with E-state index >= 15 is 0 Å². The van der Waals surface area contributed by atoms with Crippen LogP contribution in [0.25, 0.3) is 0 Å². The zero-order chi connectivity index (χ0) is 29.4. The van der Waals surface area contributed by atoms with Crippen LogP contribution >= 0.6 is 7.82 Å². The molecule has 0 saturated carbocycles. The van der Waals surface area contributed by atoms with E-state index < -0.39 is 26.6 Å². The summed E-state index contributed by atoms with van der Waals surface area (Å²) in [7, 11) is 1.22. The summed E-state index contributed by atoms with van der Waals surface area (Å²) in [5, 5.41) is 13.4. The number of aliphatic hydroxyl groups is 1. The van der Waals surface area contributed by atoms with Gasteiger partial charge in [-0.2, -0.15) is 0 Å². The number of aliphatic hydroxyl groups excluding tert-OH is 1. The first kappa shape index (κ1) is 37.7. The Kier molecular flexibility index (Phi) is 22.7. The van der Waals surface area contributed by atoms with Gasteiger partial charge in [0, 0.05) is 6.42 Å². The van der Waals surface area contributed by atoms with Gasteiger partial charge in [0.05, 0.1) is 39.9 Å². The van der Waals surface area contributed by atoms with E-state index in [2.05, 4.69) is 43.5 Å². The van der Waals surface area contributed by atoms with Gasteiger partial charge in [-0.15, -0.1) is 0 Å². The molecule has 0 saturated heterocycles. The number of phosphoric ester groups is 1. The number of amides is 1. The van der Waals surface area contributed by atoms with E-state index in [1.165, 1.54) is 12.8 Å². The van der Waals surface area contributed by atoms with E-state index in [0.29, 0.717) is 17.4 Å². The van der Waals surface area contributed by atoms with Crippen molar-refractivity contribution in [3.63, 3.8) is 0 Å². The molecule has 3 unspecified atom stereocenters. The van der Waals surface area contributed by atoms with Crippen molar-refractivity contribution in [1.29, 1.82) is 0 Å². The van der Waals surface area contributed by atoms with Crippen molar-refractivity contribution in [2.45, 2.75) is 109 Å². The lowest BCUT2D eigenvalue weighted by Crippen LogP contribution is -2.45. The number of hydrogen-bond acceptors (Lipinski definition) is 6. The average Bonchev–Trinajstić information content (AvgIpc) is 2.86. The summed E-state index contributed by atoms with van der Waals surface area (Å²) < 4.78 is 22.8. The summed E-state index contributed by atoms with van der Waals surface area (Å²) in [5.74, 6) is -0.231. The summed E-state index contributed by atoms with van der Waals surface area (Å²) in [6.45, 7) is 4.41. The van der Waals surface area contributed by atoms with Crippen LogP contribution in [0.2, 0.25) is 0 Å². The first-order valence-corrected chi connectivity index (χ1v) is 16.3. The van der Waals surface area contributed by atoms with Crippen LogP contribution in [-0.2, 0) is 18.4 Å². The lowest BCUT2D eigenvalue weighted by atomic mass is 10.1. The second-order valence-corrected chi connectivity index (χ2v) is 12.5. The number of hydrogen-bond donors (Lipinski definition) is 2. The van der Waals surface area contributed by atoms with Gasteiger partial charge >= 0.3 is 0 Å². The van der Waals surface area contributed by atoms with Gasteiger partial charge in [0.25, 0.3) is 7.82 Å². The molecule has 3 atom stereocenters. The molecule has 0 heterocycles. The highest BCUT2D eigenvalue weighted by Crippen LogP contribution is 2.38. The predicted octanol–water partition coefficient (Wildman–Crippen LogP) is 5.82. The number of unbranched alkanes of at least 4 members (excludes halogenated alkanes) is 8. The molecule has 0 aliphatic carbocycles. The lowest BCUT2D eigenvalue weighted by molar-refractivity contribution is -0.870. The van der Waals surface area contributed by atoms with Crippen LogP contribution in [0.1, 0.15) is 97.3 Å². The third kappa shape index (κ3) is 25.4. The monoisotopic (exact) mass is 572 g/mol. The van der Waals surface area contributed by atoms with Crippen LogP contribution in [0.3, 0.4) is 0 Å². The standard InChI is InChI=1S/C30H57N2O6P/c1-6-8-10-12-13-14-15-16-17-18-20-21-23-29(33)28(31-30(34)24-22-19-11-9-7-2)27-38-39(35,36)37-26-25-32(3,4)5/h12-13,16-17,21,23,28-29,33H,6-11,14-15,18-20,22,24-27H2,1-5H3,(H-,31,34,35,36)/b13-12+,17-16+,23-21+. The molecule has 0 aromatic rings. The highest BCUT2D eigenvalue weighted by molar-refractivity contribution is 7.45. The van der Waals surface area contributed by atoms with Gasteiger partial charge < -0.3 is 28.8 Å². The summed E-state index contributed by atoms with van der Waals surface area (Å²) in [6, 6.07) is -0.899. The van der Waals surface area contributed by atoms with Crippen LogP contribution in [0.4, 0.5) is 0 Å². The molecule has 0 spiro atoms. The second kappa shape index (κ2) is 23.4. The number of quaternary nitrogens is 1. The summed E-state index contributed by atoms with van der Waals surface area (Å²) >= 11 is 0. The normalized spacial score (nSPS) is 15.8. The number of nitrogens with zero attached hydrogens (tertiary/aromatic N) is 1. The van der Waals surface area contributed by atoms with Crippen molar-refractivity contribution in [1.82, 2.24) is 5.32 Å². The molecule has 0 fully saturated rings. The Balaban J connectivity index is 4.75. The molecule has 0 rings (SSSR count). The van der Waals surface area contributed by atoms with E-state index in [4.69, 9.17) is 9.05 Å². The number of allylic oxidation sites excluding steroid dienone is 5. The summed E-state index contributed by atoms with van der Waals surface area (Å²) in [5.41, 5.74) is 0. The Labute approximate surface area is 238 Å². The molecule has 0 aliphatic rings. The second-order valence-electron chi connectivity index (χ2n) is 11.1. The molecule has 0 bridgehead atoms. The quantitative estimate of drug-likeness (QED) is 0.0618. The fourth-order valence-electron chi connectivity index (χ4n) is 3.58. The number of carbonyl (C=O) groups is 1. The van der Waals surface area contributed by atoms with Crippen LogP contribution in [0.15, 0.2) is 36.5 Å². The zero-order valence-corrected chi connectivity index (χ0v) is 26.2. The molecule has 0 radical (unpaired) electrons. The Morgan fingerprint density at radius 1 is 0.872 bits per heavy atom. The van der Waals surface area contributed by atoms with Gasteiger partial charge in [-0.05, 0) is 38.5 Å². The minimum absolute atomic E-state index is 0.00974. The van der Waals surface area contributed by atoms with E-state index in [-0.39, 0.29) is 12.5 Å². The molecule has 39 heavy (non-hydrogen) atoms. The van der Waals surface area contributed by atoms with Gasteiger partial charge in [-0.3, -0.25) is 9.36 Å². The zero-order valence-electron chi connectivity index (χ0n) is 25.3. The van der Waals surface area contributed by atoms with Gasteiger partial charge in [-0.1, -0.05) is 88.8 Å². The molecule has 9 heteroatoms. The largest absolute Gasteiger partial charge is 0.756 e. The SMILES string of the molecule is CCCC/C=C/CC/C=C/CC/C=C/C(O)C(COP(=O)([O-])OCC[N+](C)(C)C)NC(=O)CCCCCCC. The Morgan fingerprint density at radius 2 is 1.44 bits per heavy atom. The smallest absolute Gasteiger partial charge is 0.268 e. The number of likely N-dealkylation sites (N-methyl/N-ethyl adjacent to an activating group) is 1. The number of phosphoric acid groups is 1. The molecule has 0 aliphatic heterocycles. The topological polar surface area (TPSA) is 108 Å². The fraction of sp³-hybridized carbons (Fsp3) is 0.767. The average molecular weight is 573 g/mol. The van der Waals surface area contributed by atoms with Crippen molar-refractivity contribution in [3.05, 3.63) is 36.5 Å². The van der Waals surface area contributed by atoms with E-state index in [1.54, 1.807) is 6.08 Å². The van der Waals surface area contributed by atoms with Gasteiger partial charge in [0.1, 0.15) is 13.2 Å². The maximum Gasteiger partial charge on any atom is 0.268 e. The summed E-state index contributed by atoms with van der Waals surface area (Å²) in [4.78, 5) is 24.7. The Morgan fingerprint density at radius 3 is 2.03 bits per heavy atom. The molecular formula is C30H57N2O6P. The first-order valence-electron chi connectivity index (χ1n) is 14.9. The molecule has 0 aromatic heterocycles. The van der Waals surface area contributed by atoms with Crippen LogP contribution in [-0.4, -0.2) is 68.5 Å². The molecule has 228 valence electrons. The lowest BCUT2D eigenvalue weighted by Gasteiger charge is -2.29. The van der Waals surface area contributed by atoms with Gasteiger partial charge in [0.15, 0.2) is 0 Å². The Hall–Kier alpha value is -1.28. The molecule has 2 N–H and O–H groups in total. The van der Waals surface area contributed by atoms with Crippen molar-refractivity contribution < 1.29 is 32.9 Å². The summed E-state index contributed by atoms with van der Waals surface area (Å²) in [6.07, 6.45) is 23.7. The molecule has 8 nitrogen and oxygen atoms in total. The maximum absolute atomic E-state index is 12.5. The van der Waals surface area contributed by atoms with Crippen LogP contribution in [0.5, 0.6) is 0 Å². The van der Waals surface area contributed by atoms with Gasteiger partial charge in [-0.25, -0.2) is 0 Å². The van der Waals surface area contributed by atoms with E-state index in [1.807, 2.05) is 27.2 Å². The number of nitrogens with one attached hydrogen (secondary N) is 1. The first-order chi connectivity index (χ1) is 18.5. The van der Waals surface area contributed by atoms with Gasteiger partial charge in [0.2, 0.25) is 5.91 Å². The fourth-order valence-corrected chi connectivity index (χ4v) is 4.30. The minimum atomic E-state index is -4.57. The Bertz CT molecular complexity index is 748. The van der Waals surface area contributed by atoms with Crippen molar-refractivity contribution in [3.8, 4) is 0 Å². The van der Waals surface area contributed by atoms with Crippen LogP contribution in [0, 0.1) is 0 Å². The predicted molar refractivity (Wildman–Crippen MR) is 159 cm³/mol. The molecule has 1 amide bonds. The van der Waals surface area contributed by atoms with Crippen molar-refractivity contribution >= 4 is 13.7 Å². The number of carbonyl (C=O) groups excluding carboxylic acids is 1. The van der Waals surface area contributed by atoms with Crippen molar-refractivity contribution in [2.75, 3.05) is 40.9 Å². The molecule has 0 aromatic carbocycles. The maximum atomic E-state index is 12.5. The van der Waals surface area contributed by atoms with E-state index in [9.17, 15) is 19.4 Å². The third-order valence-electron chi connectivity index (χ3n) is 6.08. The minimum Gasteiger partial charge on any atom is -0.756 e.